The number of furan rings is 1. The number of carbonyl (C=O) groups excluding carboxylic acids is 1. The van der Waals surface area contributed by atoms with Crippen LogP contribution in [0.2, 0.25) is 5.02 Å². The molecular weight excluding hydrogens is 296 g/mol. The second kappa shape index (κ2) is 5.48. The second-order valence-corrected chi connectivity index (χ2v) is 5.27. The van der Waals surface area contributed by atoms with E-state index in [0.29, 0.717) is 10.2 Å². The summed E-state index contributed by atoms with van der Waals surface area (Å²) < 4.78 is 5.02. The summed E-state index contributed by atoms with van der Waals surface area (Å²) in [6.45, 7) is 0. The molecule has 2 heterocycles. The summed E-state index contributed by atoms with van der Waals surface area (Å²) in [5.74, 6) is -0.0553. The Morgan fingerprint density at radius 2 is 2.05 bits per heavy atom. The number of halogens is 1. The lowest BCUT2D eigenvalue weighted by molar-refractivity contribution is 0.0996. The zero-order valence-corrected chi connectivity index (χ0v) is 11.7. The number of anilines is 1. The third kappa shape index (κ3) is 2.74. The number of nitrogens with one attached hydrogen (secondary N) is 1. The number of carbonyl (C=O) groups is 1. The molecule has 0 saturated heterocycles. The molecule has 1 amide bonds. The monoisotopic (exact) mass is 304 g/mol. The van der Waals surface area contributed by atoms with Crippen LogP contribution < -0.4 is 5.32 Å². The van der Waals surface area contributed by atoms with Crippen LogP contribution in [0.1, 0.15) is 10.6 Å². The van der Waals surface area contributed by atoms with E-state index in [9.17, 15) is 4.79 Å². The Morgan fingerprint density at radius 3 is 2.75 bits per heavy atom. The fourth-order valence-corrected chi connectivity index (χ4v) is 2.49. The molecule has 0 unspecified atom stereocenters. The molecule has 3 aromatic rings. The van der Waals surface area contributed by atoms with Crippen molar-refractivity contribution in [3.05, 3.63) is 58.8 Å². The first-order valence-electron chi connectivity index (χ1n) is 5.79. The maximum atomic E-state index is 11.8. The fourth-order valence-electron chi connectivity index (χ4n) is 1.65. The zero-order chi connectivity index (χ0) is 13.9. The summed E-state index contributed by atoms with van der Waals surface area (Å²) in [5, 5.41) is 5.77. The first-order chi connectivity index (χ1) is 9.72. The van der Waals surface area contributed by atoms with Crippen molar-refractivity contribution in [3.63, 3.8) is 0 Å². The van der Waals surface area contributed by atoms with Crippen LogP contribution in [0.15, 0.2) is 52.5 Å². The van der Waals surface area contributed by atoms with Crippen LogP contribution >= 0.6 is 22.9 Å². The summed E-state index contributed by atoms with van der Waals surface area (Å²) in [6, 6.07) is 10.6. The van der Waals surface area contributed by atoms with Crippen molar-refractivity contribution in [1.82, 2.24) is 4.98 Å². The summed E-state index contributed by atoms with van der Waals surface area (Å²) in [4.78, 5) is 16.2. The molecule has 0 spiro atoms. The molecule has 1 aromatic carbocycles. The molecule has 3 rings (SSSR count). The van der Waals surface area contributed by atoms with E-state index in [0.717, 1.165) is 11.3 Å². The lowest BCUT2D eigenvalue weighted by Gasteiger charge is -1.98. The predicted octanol–water partition coefficient (Wildman–Crippen LogP) is 4.31. The average Bonchev–Trinajstić information content (AvgIpc) is 3.10. The number of benzene rings is 1. The van der Waals surface area contributed by atoms with E-state index in [-0.39, 0.29) is 11.7 Å². The van der Waals surface area contributed by atoms with E-state index in [1.54, 1.807) is 24.3 Å². The summed E-state index contributed by atoms with van der Waals surface area (Å²) in [5.41, 5.74) is 1.74. The van der Waals surface area contributed by atoms with Gasteiger partial charge in [-0.15, -0.1) is 11.3 Å². The Bertz CT molecular complexity index is 720. The highest BCUT2D eigenvalue weighted by molar-refractivity contribution is 7.14. The Hall–Kier alpha value is -2.11. The molecule has 6 heteroatoms. The van der Waals surface area contributed by atoms with Crippen molar-refractivity contribution in [2.75, 3.05) is 5.32 Å². The van der Waals surface area contributed by atoms with E-state index in [4.69, 9.17) is 16.0 Å². The minimum atomic E-state index is -0.313. The van der Waals surface area contributed by atoms with Crippen molar-refractivity contribution in [3.8, 4) is 11.3 Å². The van der Waals surface area contributed by atoms with Gasteiger partial charge < -0.3 is 4.42 Å². The first kappa shape index (κ1) is 12.9. The molecule has 0 saturated carbocycles. The van der Waals surface area contributed by atoms with Crippen LogP contribution in [-0.4, -0.2) is 10.9 Å². The summed E-state index contributed by atoms with van der Waals surface area (Å²) in [7, 11) is 0. The van der Waals surface area contributed by atoms with E-state index >= 15 is 0 Å². The number of aromatic nitrogens is 1. The average molecular weight is 305 g/mol. The topological polar surface area (TPSA) is 55.1 Å². The van der Waals surface area contributed by atoms with Gasteiger partial charge in [0.15, 0.2) is 10.9 Å². The SMILES string of the molecule is O=C(Nc1nc(-c2ccc(Cl)cc2)cs1)c1ccco1. The molecule has 0 aliphatic rings. The molecule has 2 aromatic heterocycles. The van der Waals surface area contributed by atoms with Crippen LogP contribution in [-0.2, 0) is 0 Å². The van der Waals surface area contributed by atoms with Crippen molar-refractivity contribution >= 4 is 34.0 Å². The minimum Gasteiger partial charge on any atom is -0.459 e. The summed E-state index contributed by atoms with van der Waals surface area (Å²) >= 11 is 7.20. The highest BCUT2D eigenvalue weighted by Crippen LogP contribution is 2.26. The molecule has 1 N–H and O–H groups in total. The lowest BCUT2D eigenvalue weighted by atomic mass is 10.2. The van der Waals surface area contributed by atoms with E-state index in [2.05, 4.69) is 10.3 Å². The molecule has 0 aliphatic carbocycles. The number of hydrogen-bond donors (Lipinski definition) is 1. The quantitative estimate of drug-likeness (QED) is 0.784. The summed E-state index contributed by atoms with van der Waals surface area (Å²) in [6.07, 6.45) is 1.45. The van der Waals surface area contributed by atoms with Gasteiger partial charge in [0.2, 0.25) is 0 Å². The maximum Gasteiger partial charge on any atom is 0.293 e. The maximum absolute atomic E-state index is 11.8. The Kier molecular flexibility index (Phi) is 3.54. The van der Waals surface area contributed by atoms with E-state index in [1.807, 2.05) is 17.5 Å². The van der Waals surface area contributed by atoms with Gasteiger partial charge in [-0.3, -0.25) is 10.1 Å². The van der Waals surface area contributed by atoms with Gasteiger partial charge in [0.1, 0.15) is 0 Å². The van der Waals surface area contributed by atoms with Crippen molar-refractivity contribution in [2.45, 2.75) is 0 Å². The third-order valence-corrected chi connectivity index (χ3v) is 3.62. The molecule has 0 fully saturated rings. The van der Waals surface area contributed by atoms with Gasteiger partial charge in [0.25, 0.3) is 5.91 Å². The number of nitrogens with zero attached hydrogens (tertiary/aromatic N) is 1. The molecular formula is C14H9ClN2O2S. The Balaban J connectivity index is 1.77. The Morgan fingerprint density at radius 1 is 1.25 bits per heavy atom. The van der Waals surface area contributed by atoms with Crippen LogP contribution in [0.4, 0.5) is 5.13 Å². The smallest absolute Gasteiger partial charge is 0.293 e. The van der Waals surface area contributed by atoms with Gasteiger partial charge in [-0.25, -0.2) is 4.98 Å². The fraction of sp³-hybridized carbons (Fsp3) is 0. The number of thiazole rings is 1. The van der Waals surface area contributed by atoms with Crippen LogP contribution in [0.3, 0.4) is 0 Å². The van der Waals surface area contributed by atoms with E-state index in [1.165, 1.54) is 17.6 Å². The molecule has 0 atom stereocenters. The molecule has 20 heavy (non-hydrogen) atoms. The predicted molar refractivity (Wildman–Crippen MR) is 79.2 cm³/mol. The molecule has 0 bridgehead atoms. The van der Waals surface area contributed by atoms with Crippen LogP contribution in [0.5, 0.6) is 0 Å². The molecule has 100 valence electrons. The second-order valence-electron chi connectivity index (χ2n) is 3.98. The largest absolute Gasteiger partial charge is 0.459 e. The third-order valence-electron chi connectivity index (χ3n) is 2.61. The molecule has 4 nitrogen and oxygen atoms in total. The zero-order valence-electron chi connectivity index (χ0n) is 10.2. The van der Waals surface area contributed by atoms with Crippen LogP contribution in [0, 0.1) is 0 Å². The van der Waals surface area contributed by atoms with E-state index < -0.39 is 0 Å². The van der Waals surface area contributed by atoms with Gasteiger partial charge in [0, 0.05) is 16.0 Å². The van der Waals surface area contributed by atoms with Crippen molar-refractivity contribution in [2.24, 2.45) is 0 Å². The van der Waals surface area contributed by atoms with Gasteiger partial charge in [-0.2, -0.15) is 0 Å². The number of hydrogen-bond acceptors (Lipinski definition) is 4. The van der Waals surface area contributed by atoms with Gasteiger partial charge in [-0.05, 0) is 24.3 Å². The highest BCUT2D eigenvalue weighted by atomic mass is 35.5. The Labute approximate surface area is 124 Å². The van der Waals surface area contributed by atoms with Gasteiger partial charge >= 0.3 is 0 Å². The number of rotatable bonds is 3. The normalized spacial score (nSPS) is 10.4. The minimum absolute atomic E-state index is 0.258. The first-order valence-corrected chi connectivity index (χ1v) is 7.04. The standard InChI is InChI=1S/C14H9ClN2O2S/c15-10-5-3-9(4-6-10)11-8-20-14(16-11)17-13(18)12-2-1-7-19-12/h1-8H,(H,16,17,18). The highest BCUT2D eigenvalue weighted by Gasteiger charge is 2.11. The van der Waals surface area contributed by atoms with Gasteiger partial charge in [-0.1, -0.05) is 23.7 Å². The molecule has 0 aliphatic heterocycles. The molecule has 0 radical (unpaired) electrons. The van der Waals surface area contributed by atoms with Gasteiger partial charge in [0.05, 0.1) is 12.0 Å². The van der Waals surface area contributed by atoms with Crippen molar-refractivity contribution < 1.29 is 9.21 Å². The number of amides is 1. The lowest BCUT2D eigenvalue weighted by Crippen LogP contribution is -2.10. The van der Waals surface area contributed by atoms with Crippen molar-refractivity contribution in [1.29, 1.82) is 0 Å². The van der Waals surface area contributed by atoms with Crippen LogP contribution in [0.25, 0.3) is 11.3 Å².